The molecule has 0 spiro atoms. The van der Waals surface area contributed by atoms with Crippen LogP contribution in [0.2, 0.25) is 0 Å². The highest BCUT2D eigenvalue weighted by atomic mass is 32.1. The van der Waals surface area contributed by atoms with E-state index in [1.165, 1.54) is 11.3 Å². The van der Waals surface area contributed by atoms with Crippen molar-refractivity contribution >= 4 is 33.3 Å². The van der Waals surface area contributed by atoms with Crippen molar-refractivity contribution in [1.82, 2.24) is 5.32 Å². The lowest BCUT2D eigenvalue weighted by atomic mass is 9.69. The minimum absolute atomic E-state index is 0.185. The van der Waals surface area contributed by atoms with Gasteiger partial charge in [-0.1, -0.05) is 24.6 Å². The van der Waals surface area contributed by atoms with Gasteiger partial charge >= 0.3 is 5.97 Å². The highest BCUT2D eigenvalue weighted by molar-refractivity contribution is 7.17. The third-order valence-electron chi connectivity index (χ3n) is 4.08. The minimum atomic E-state index is -0.806. The number of carbonyl (C=O) groups excluding carboxylic acids is 1. The molecule has 104 valence electrons. The number of amides is 1. The van der Waals surface area contributed by atoms with E-state index in [4.69, 9.17) is 0 Å². The molecule has 20 heavy (non-hydrogen) atoms. The van der Waals surface area contributed by atoms with Crippen molar-refractivity contribution in [1.29, 1.82) is 0 Å². The predicted octanol–water partition coefficient (Wildman–Crippen LogP) is 2.89. The summed E-state index contributed by atoms with van der Waals surface area (Å²) in [6.45, 7) is 0.214. The van der Waals surface area contributed by atoms with Gasteiger partial charge in [0.2, 0.25) is 0 Å². The van der Waals surface area contributed by atoms with Crippen LogP contribution in [0.4, 0.5) is 0 Å². The van der Waals surface area contributed by atoms with Crippen LogP contribution in [0.3, 0.4) is 0 Å². The Morgan fingerprint density at radius 1 is 1.30 bits per heavy atom. The Kier molecular flexibility index (Phi) is 3.22. The number of nitrogens with one attached hydrogen (secondary N) is 1. The fourth-order valence-electron chi connectivity index (χ4n) is 2.57. The van der Waals surface area contributed by atoms with Crippen LogP contribution in [-0.4, -0.2) is 23.5 Å². The molecule has 0 unspecified atom stereocenters. The molecule has 1 aromatic heterocycles. The first kappa shape index (κ1) is 13.1. The summed E-state index contributed by atoms with van der Waals surface area (Å²) in [5.74, 6) is -0.991. The van der Waals surface area contributed by atoms with Gasteiger partial charge in [0.25, 0.3) is 5.91 Å². The second kappa shape index (κ2) is 4.90. The van der Waals surface area contributed by atoms with E-state index in [9.17, 15) is 14.7 Å². The van der Waals surface area contributed by atoms with E-state index in [0.717, 1.165) is 16.5 Å². The Balaban J connectivity index is 1.75. The van der Waals surface area contributed by atoms with E-state index in [1.54, 1.807) is 0 Å². The zero-order valence-electron chi connectivity index (χ0n) is 10.9. The number of rotatable bonds is 4. The van der Waals surface area contributed by atoms with Gasteiger partial charge in [-0.3, -0.25) is 9.59 Å². The van der Waals surface area contributed by atoms with Gasteiger partial charge in [0.1, 0.15) is 0 Å². The number of benzene rings is 1. The first-order chi connectivity index (χ1) is 9.62. The lowest BCUT2D eigenvalue weighted by Crippen LogP contribution is -2.47. The fraction of sp³-hybridized carbons (Fsp3) is 0.333. The Hall–Kier alpha value is -1.88. The Morgan fingerprint density at radius 2 is 2.05 bits per heavy atom. The Bertz CT molecular complexity index is 673. The van der Waals surface area contributed by atoms with E-state index in [1.807, 2.05) is 29.6 Å². The number of carboxylic acid groups (broad SMARTS) is 1. The molecule has 1 fully saturated rings. The number of carboxylic acids is 1. The summed E-state index contributed by atoms with van der Waals surface area (Å²) in [5, 5.41) is 14.8. The van der Waals surface area contributed by atoms with Gasteiger partial charge < -0.3 is 10.4 Å². The van der Waals surface area contributed by atoms with Crippen LogP contribution in [0, 0.1) is 5.41 Å². The van der Waals surface area contributed by atoms with Crippen LogP contribution in [-0.2, 0) is 4.79 Å². The predicted molar refractivity (Wildman–Crippen MR) is 78.1 cm³/mol. The summed E-state index contributed by atoms with van der Waals surface area (Å²) in [6.07, 6.45) is 2.21. The first-order valence-corrected chi connectivity index (χ1v) is 7.48. The number of thiophene rings is 1. The molecule has 1 heterocycles. The zero-order valence-corrected chi connectivity index (χ0v) is 11.7. The molecule has 0 atom stereocenters. The lowest BCUT2D eigenvalue weighted by molar-refractivity contribution is -0.153. The molecule has 2 aromatic rings. The summed E-state index contributed by atoms with van der Waals surface area (Å²) in [6, 6.07) is 7.73. The highest BCUT2D eigenvalue weighted by Gasteiger charge is 2.44. The molecule has 1 aliphatic carbocycles. The van der Waals surface area contributed by atoms with Gasteiger partial charge in [0.05, 0.1) is 11.0 Å². The van der Waals surface area contributed by atoms with Gasteiger partial charge in [-0.25, -0.2) is 0 Å². The molecule has 3 rings (SSSR count). The summed E-state index contributed by atoms with van der Waals surface area (Å²) in [4.78, 5) is 23.5. The normalized spacial score (nSPS) is 16.6. The van der Waals surface area contributed by atoms with Crippen molar-refractivity contribution in [3.63, 3.8) is 0 Å². The molecule has 0 bridgehead atoms. The summed E-state index contributed by atoms with van der Waals surface area (Å²) in [5.41, 5.74) is -0.118. The standard InChI is InChI=1S/C15H15NO3S/c17-13(16-9-15(14(18)19)6-3-7-15)11-8-20-12-5-2-1-4-10(11)12/h1-2,4-5,8H,3,6-7,9H2,(H,16,17)(H,18,19). The second-order valence-electron chi connectivity index (χ2n) is 5.27. The van der Waals surface area contributed by atoms with Crippen molar-refractivity contribution in [3.05, 3.63) is 35.2 Å². The SMILES string of the molecule is O=C(NCC1(C(=O)O)CCC1)c1csc2ccccc12. The van der Waals surface area contributed by atoms with Crippen LogP contribution in [0.1, 0.15) is 29.6 Å². The van der Waals surface area contributed by atoms with E-state index < -0.39 is 11.4 Å². The molecule has 5 heteroatoms. The lowest BCUT2D eigenvalue weighted by Gasteiger charge is -2.37. The van der Waals surface area contributed by atoms with Crippen LogP contribution in [0.15, 0.2) is 29.6 Å². The maximum Gasteiger partial charge on any atom is 0.311 e. The maximum absolute atomic E-state index is 12.2. The van der Waals surface area contributed by atoms with Gasteiger partial charge in [-0.05, 0) is 18.9 Å². The third-order valence-corrected chi connectivity index (χ3v) is 5.04. The van der Waals surface area contributed by atoms with Crippen molar-refractivity contribution in [2.24, 2.45) is 5.41 Å². The second-order valence-corrected chi connectivity index (χ2v) is 6.18. The molecule has 2 N–H and O–H groups in total. The van der Waals surface area contributed by atoms with Gasteiger partial charge in [-0.15, -0.1) is 11.3 Å². The summed E-state index contributed by atoms with van der Waals surface area (Å²) >= 11 is 1.52. The van der Waals surface area contributed by atoms with Crippen molar-refractivity contribution in [2.45, 2.75) is 19.3 Å². The number of carbonyl (C=O) groups is 2. The van der Waals surface area contributed by atoms with Crippen molar-refractivity contribution in [3.8, 4) is 0 Å². The maximum atomic E-state index is 12.2. The smallest absolute Gasteiger partial charge is 0.311 e. The van der Waals surface area contributed by atoms with Crippen LogP contribution in [0.5, 0.6) is 0 Å². The van der Waals surface area contributed by atoms with Gasteiger partial charge in [-0.2, -0.15) is 0 Å². The number of hydrogen-bond acceptors (Lipinski definition) is 3. The summed E-state index contributed by atoms with van der Waals surface area (Å²) in [7, 11) is 0. The molecule has 0 radical (unpaired) electrons. The average Bonchev–Trinajstić information content (AvgIpc) is 2.80. The molecular weight excluding hydrogens is 274 g/mol. The van der Waals surface area contributed by atoms with Crippen molar-refractivity contribution < 1.29 is 14.7 Å². The molecule has 1 amide bonds. The van der Waals surface area contributed by atoms with Crippen molar-refractivity contribution in [2.75, 3.05) is 6.54 Å². The zero-order chi connectivity index (χ0) is 14.2. The quantitative estimate of drug-likeness (QED) is 0.909. The Morgan fingerprint density at radius 3 is 2.70 bits per heavy atom. The molecular formula is C15H15NO3S. The van der Waals surface area contributed by atoms with Crippen LogP contribution in [0.25, 0.3) is 10.1 Å². The molecule has 1 saturated carbocycles. The van der Waals surface area contributed by atoms with Gasteiger partial charge in [0, 0.05) is 22.0 Å². The largest absolute Gasteiger partial charge is 0.481 e. The van der Waals surface area contributed by atoms with Crippen LogP contribution >= 0.6 is 11.3 Å². The Labute approximate surface area is 120 Å². The summed E-state index contributed by atoms with van der Waals surface area (Å²) < 4.78 is 1.06. The third kappa shape index (κ3) is 2.08. The average molecular weight is 289 g/mol. The van der Waals surface area contributed by atoms with E-state index in [0.29, 0.717) is 18.4 Å². The van der Waals surface area contributed by atoms with Gasteiger partial charge in [0.15, 0.2) is 0 Å². The first-order valence-electron chi connectivity index (χ1n) is 6.60. The van der Waals surface area contributed by atoms with E-state index >= 15 is 0 Å². The minimum Gasteiger partial charge on any atom is -0.481 e. The fourth-order valence-corrected chi connectivity index (χ4v) is 3.51. The monoisotopic (exact) mass is 289 g/mol. The molecule has 1 aromatic carbocycles. The molecule has 0 saturated heterocycles. The van der Waals surface area contributed by atoms with E-state index in [-0.39, 0.29) is 12.5 Å². The highest BCUT2D eigenvalue weighted by Crippen LogP contribution is 2.40. The molecule has 1 aliphatic rings. The topological polar surface area (TPSA) is 66.4 Å². The van der Waals surface area contributed by atoms with E-state index in [2.05, 4.69) is 5.32 Å². The number of hydrogen-bond donors (Lipinski definition) is 2. The number of aliphatic carboxylic acids is 1. The number of fused-ring (bicyclic) bond motifs is 1. The van der Waals surface area contributed by atoms with Crippen LogP contribution < -0.4 is 5.32 Å². The molecule has 4 nitrogen and oxygen atoms in total. The molecule has 0 aliphatic heterocycles.